The predicted molar refractivity (Wildman–Crippen MR) is 85.5 cm³/mol. The summed E-state index contributed by atoms with van der Waals surface area (Å²) >= 11 is 0. The van der Waals surface area contributed by atoms with Crippen LogP contribution in [0, 0.1) is 0 Å². The lowest BCUT2D eigenvalue weighted by molar-refractivity contribution is -0.117. The van der Waals surface area contributed by atoms with Crippen molar-refractivity contribution in [2.45, 2.75) is 19.3 Å². The molecule has 118 valence electrons. The van der Waals surface area contributed by atoms with Crippen molar-refractivity contribution in [2.24, 2.45) is 7.05 Å². The highest BCUT2D eigenvalue weighted by Gasteiger charge is 2.31. The van der Waals surface area contributed by atoms with Gasteiger partial charge in [-0.1, -0.05) is 25.1 Å². The molecule has 0 spiro atoms. The molecule has 1 amide bonds. The Hall–Kier alpha value is -2.83. The van der Waals surface area contributed by atoms with Crippen molar-refractivity contribution in [1.82, 2.24) is 20.0 Å². The Labute approximate surface area is 132 Å². The van der Waals surface area contributed by atoms with Gasteiger partial charge in [0.15, 0.2) is 5.65 Å². The van der Waals surface area contributed by atoms with E-state index >= 15 is 0 Å². The van der Waals surface area contributed by atoms with Crippen molar-refractivity contribution in [3.63, 3.8) is 0 Å². The average Bonchev–Trinajstić information content (AvgIpc) is 3.23. The van der Waals surface area contributed by atoms with E-state index in [1.807, 2.05) is 38.2 Å². The molecule has 1 atom stereocenters. The van der Waals surface area contributed by atoms with Gasteiger partial charge in [0.2, 0.25) is 5.91 Å². The van der Waals surface area contributed by atoms with Crippen molar-refractivity contribution in [3.8, 4) is 5.75 Å². The van der Waals surface area contributed by atoms with Crippen LogP contribution in [0.15, 0.2) is 24.3 Å². The molecule has 0 aliphatic carbocycles. The van der Waals surface area contributed by atoms with Crippen molar-refractivity contribution in [1.29, 1.82) is 0 Å². The number of carbonyl (C=O) groups is 1. The zero-order valence-corrected chi connectivity index (χ0v) is 13.0. The minimum absolute atomic E-state index is 0.105. The van der Waals surface area contributed by atoms with E-state index in [4.69, 9.17) is 4.74 Å². The van der Waals surface area contributed by atoms with E-state index in [-0.39, 0.29) is 11.8 Å². The number of benzene rings is 1. The number of aromatic nitrogens is 4. The van der Waals surface area contributed by atoms with Gasteiger partial charge in [0.25, 0.3) is 0 Å². The van der Waals surface area contributed by atoms with E-state index in [0.29, 0.717) is 12.4 Å². The first-order valence-corrected chi connectivity index (χ1v) is 7.61. The molecule has 7 heteroatoms. The van der Waals surface area contributed by atoms with Gasteiger partial charge < -0.3 is 10.1 Å². The zero-order chi connectivity index (χ0) is 16.0. The van der Waals surface area contributed by atoms with E-state index in [1.165, 1.54) is 0 Å². The number of H-pyrrole nitrogens is 1. The van der Waals surface area contributed by atoms with Crippen LogP contribution in [0.3, 0.4) is 0 Å². The first kappa shape index (κ1) is 13.8. The van der Waals surface area contributed by atoms with Gasteiger partial charge in [-0.3, -0.25) is 9.89 Å². The Morgan fingerprint density at radius 3 is 3.13 bits per heavy atom. The summed E-state index contributed by atoms with van der Waals surface area (Å²) in [5.41, 5.74) is 2.57. The monoisotopic (exact) mass is 311 g/mol. The fourth-order valence-electron chi connectivity index (χ4n) is 3.05. The molecule has 23 heavy (non-hydrogen) atoms. The molecule has 3 aromatic rings. The third kappa shape index (κ3) is 2.08. The second-order valence-corrected chi connectivity index (χ2v) is 5.61. The highest BCUT2D eigenvalue weighted by atomic mass is 16.5. The number of fused-ring (bicyclic) bond motifs is 2. The number of nitrogens with zero attached hydrogens (tertiary/aromatic N) is 3. The number of amides is 1. The lowest BCUT2D eigenvalue weighted by Crippen LogP contribution is -2.22. The largest absolute Gasteiger partial charge is 0.492 e. The number of carbonyl (C=O) groups excluding carboxylic acids is 1. The fourth-order valence-corrected chi connectivity index (χ4v) is 3.05. The Kier molecular flexibility index (Phi) is 3.07. The summed E-state index contributed by atoms with van der Waals surface area (Å²) in [4.78, 5) is 12.7. The Morgan fingerprint density at radius 2 is 2.30 bits per heavy atom. The van der Waals surface area contributed by atoms with Crippen LogP contribution in [0.1, 0.15) is 24.1 Å². The number of ether oxygens (including phenoxy) is 1. The predicted octanol–water partition coefficient (Wildman–Crippen LogP) is 1.97. The van der Waals surface area contributed by atoms with Crippen LogP contribution < -0.4 is 10.1 Å². The van der Waals surface area contributed by atoms with Gasteiger partial charge >= 0.3 is 0 Å². The molecule has 1 aliphatic rings. The number of rotatable bonds is 3. The van der Waals surface area contributed by atoms with Crippen molar-refractivity contribution >= 4 is 22.8 Å². The first-order valence-electron chi connectivity index (χ1n) is 7.61. The molecule has 1 aliphatic heterocycles. The lowest BCUT2D eigenvalue weighted by atomic mass is 10.0. The number of hydrogen-bond acceptors (Lipinski definition) is 4. The SMILES string of the molecule is CCc1nn(C)c2n[nH]c(NC(=O)C3COc4ccccc43)c12. The van der Waals surface area contributed by atoms with E-state index in [1.54, 1.807) is 4.68 Å². The number of nitrogens with one attached hydrogen (secondary N) is 2. The smallest absolute Gasteiger partial charge is 0.236 e. The standard InChI is InChI=1S/C16H17N5O2/c1-3-11-13-14(18-19-15(13)21(2)20-11)17-16(22)10-8-23-12-7-5-4-6-9(10)12/h4-7,10H,3,8H2,1-2H3,(H2,17,18,19,22). The highest BCUT2D eigenvalue weighted by Crippen LogP contribution is 2.34. The van der Waals surface area contributed by atoms with Crippen LogP contribution in [0.5, 0.6) is 5.75 Å². The van der Waals surface area contributed by atoms with Gasteiger partial charge in [-0.05, 0) is 12.5 Å². The average molecular weight is 311 g/mol. The molecule has 2 aromatic heterocycles. The van der Waals surface area contributed by atoms with Gasteiger partial charge in [0, 0.05) is 12.6 Å². The third-order valence-corrected chi connectivity index (χ3v) is 4.21. The van der Waals surface area contributed by atoms with E-state index in [0.717, 1.165) is 34.5 Å². The van der Waals surface area contributed by atoms with Crippen LogP contribution >= 0.6 is 0 Å². The number of aryl methyl sites for hydroxylation is 2. The summed E-state index contributed by atoms with van der Waals surface area (Å²) in [5.74, 6) is 0.954. The third-order valence-electron chi connectivity index (χ3n) is 4.21. The van der Waals surface area contributed by atoms with Gasteiger partial charge in [-0.15, -0.1) is 0 Å². The van der Waals surface area contributed by atoms with Crippen LogP contribution in [-0.2, 0) is 18.3 Å². The molecule has 1 aromatic carbocycles. The molecule has 0 saturated carbocycles. The van der Waals surface area contributed by atoms with Crippen LogP contribution in [0.25, 0.3) is 11.0 Å². The lowest BCUT2D eigenvalue weighted by Gasteiger charge is -2.09. The molecule has 3 heterocycles. The van der Waals surface area contributed by atoms with Gasteiger partial charge in [0.05, 0.1) is 11.1 Å². The second-order valence-electron chi connectivity index (χ2n) is 5.61. The second kappa shape index (κ2) is 5.12. The first-order chi connectivity index (χ1) is 11.2. The maximum Gasteiger partial charge on any atom is 0.236 e. The summed E-state index contributed by atoms with van der Waals surface area (Å²) in [5, 5.41) is 15.4. The van der Waals surface area contributed by atoms with Crippen LogP contribution in [-0.4, -0.2) is 32.5 Å². The van der Waals surface area contributed by atoms with Crippen LogP contribution in [0.4, 0.5) is 5.82 Å². The van der Waals surface area contributed by atoms with Crippen molar-refractivity contribution in [3.05, 3.63) is 35.5 Å². The Morgan fingerprint density at radius 1 is 1.48 bits per heavy atom. The van der Waals surface area contributed by atoms with Crippen molar-refractivity contribution < 1.29 is 9.53 Å². The Bertz CT molecular complexity index is 895. The molecular formula is C16H17N5O2. The van der Waals surface area contributed by atoms with E-state index < -0.39 is 0 Å². The summed E-state index contributed by atoms with van der Waals surface area (Å²) < 4.78 is 7.30. The molecule has 0 saturated heterocycles. The summed E-state index contributed by atoms with van der Waals surface area (Å²) in [6.45, 7) is 2.39. The number of para-hydroxylation sites is 1. The number of aromatic amines is 1. The molecular weight excluding hydrogens is 294 g/mol. The van der Waals surface area contributed by atoms with Gasteiger partial charge in [-0.2, -0.15) is 10.2 Å². The molecule has 2 N–H and O–H groups in total. The van der Waals surface area contributed by atoms with E-state index in [2.05, 4.69) is 20.6 Å². The fraction of sp³-hybridized carbons (Fsp3) is 0.312. The number of anilines is 1. The van der Waals surface area contributed by atoms with E-state index in [9.17, 15) is 4.79 Å². The molecule has 0 radical (unpaired) electrons. The minimum Gasteiger partial charge on any atom is -0.492 e. The van der Waals surface area contributed by atoms with Gasteiger partial charge in [-0.25, -0.2) is 4.68 Å². The maximum atomic E-state index is 12.7. The summed E-state index contributed by atoms with van der Waals surface area (Å²) in [7, 11) is 1.84. The molecule has 4 rings (SSSR count). The van der Waals surface area contributed by atoms with Crippen molar-refractivity contribution in [2.75, 3.05) is 11.9 Å². The summed E-state index contributed by atoms with van der Waals surface area (Å²) in [6.07, 6.45) is 0.773. The highest BCUT2D eigenvalue weighted by molar-refractivity contribution is 6.03. The quantitative estimate of drug-likeness (QED) is 0.774. The maximum absolute atomic E-state index is 12.7. The molecule has 1 unspecified atom stereocenters. The van der Waals surface area contributed by atoms with Gasteiger partial charge in [0.1, 0.15) is 24.1 Å². The normalized spacial score (nSPS) is 16.3. The molecule has 7 nitrogen and oxygen atoms in total. The molecule has 0 bridgehead atoms. The zero-order valence-electron chi connectivity index (χ0n) is 13.0. The topological polar surface area (TPSA) is 84.8 Å². The molecule has 0 fully saturated rings. The minimum atomic E-state index is -0.314. The summed E-state index contributed by atoms with van der Waals surface area (Å²) in [6, 6.07) is 7.63. The van der Waals surface area contributed by atoms with Crippen LogP contribution in [0.2, 0.25) is 0 Å². The Balaban J connectivity index is 1.65. The number of hydrogen-bond donors (Lipinski definition) is 2.